The molecule has 1 atom stereocenters. The van der Waals surface area contributed by atoms with Gasteiger partial charge in [-0.2, -0.15) is 0 Å². The number of nitrogens with one attached hydrogen (secondary N) is 1. The average molecular weight is 189 g/mol. The fraction of sp³-hybridized carbons (Fsp3) is 1.00. The van der Waals surface area contributed by atoms with Gasteiger partial charge in [0.2, 0.25) is 0 Å². The minimum absolute atomic E-state index is 0.403. The summed E-state index contributed by atoms with van der Waals surface area (Å²) in [4.78, 5) is 3.94. The first-order chi connectivity index (χ1) is 5.95. The normalized spacial score (nSPS) is 23.3. The molecular weight excluding hydrogens is 166 g/mol. The van der Waals surface area contributed by atoms with Crippen molar-refractivity contribution in [3.05, 3.63) is 0 Å². The minimum atomic E-state index is -0.403. The van der Waals surface area contributed by atoms with E-state index in [2.05, 4.69) is 17.1 Å². The molecule has 3 nitrogen and oxygen atoms in total. The summed E-state index contributed by atoms with van der Waals surface area (Å²) in [5, 5.41) is 11.2. The highest BCUT2D eigenvalue weighted by molar-refractivity contribution is 4.63. The fourth-order valence-electron chi connectivity index (χ4n) is 1.03. The van der Waals surface area contributed by atoms with Gasteiger partial charge >= 0.3 is 0 Å². The summed E-state index contributed by atoms with van der Waals surface area (Å²) in [7, 11) is 0. The van der Waals surface area contributed by atoms with Crippen LogP contribution in [0, 0.1) is 5.92 Å². The van der Waals surface area contributed by atoms with Crippen LogP contribution in [0.3, 0.4) is 0 Å². The third kappa shape index (κ3) is 9.80. The molecule has 0 saturated carbocycles. The molecule has 1 fully saturated rings. The van der Waals surface area contributed by atoms with Gasteiger partial charge < -0.3 is 5.32 Å². The zero-order valence-corrected chi connectivity index (χ0v) is 9.26. The van der Waals surface area contributed by atoms with E-state index in [9.17, 15) is 0 Å². The van der Waals surface area contributed by atoms with Gasteiger partial charge in [0.15, 0.2) is 0 Å². The zero-order chi connectivity index (χ0) is 10.3. The van der Waals surface area contributed by atoms with Crippen molar-refractivity contribution in [1.82, 2.24) is 5.32 Å². The number of rotatable bonds is 0. The summed E-state index contributed by atoms with van der Waals surface area (Å²) in [5.41, 5.74) is -0.403. The van der Waals surface area contributed by atoms with Crippen molar-refractivity contribution >= 4 is 0 Å². The molecular formula is C10H23NO2. The first kappa shape index (κ1) is 12.9. The molecule has 1 aliphatic rings. The highest BCUT2D eigenvalue weighted by atomic mass is 17.1. The van der Waals surface area contributed by atoms with E-state index in [0.29, 0.717) is 0 Å². The van der Waals surface area contributed by atoms with Crippen LogP contribution in [0.4, 0.5) is 0 Å². The van der Waals surface area contributed by atoms with Gasteiger partial charge in [-0.25, -0.2) is 4.89 Å². The zero-order valence-electron chi connectivity index (χ0n) is 9.26. The van der Waals surface area contributed by atoms with Gasteiger partial charge in [-0.15, -0.1) is 0 Å². The molecule has 0 aromatic carbocycles. The van der Waals surface area contributed by atoms with Crippen LogP contribution >= 0.6 is 0 Å². The molecule has 1 rings (SSSR count). The Morgan fingerprint density at radius 1 is 1.38 bits per heavy atom. The standard InChI is InChI=1S/C6H13N.C4H10O2/c1-6-3-2-4-7-5-6;1-4(2,3)6-5/h6-7H,2-5H2,1H3;5H,1-3H3. The topological polar surface area (TPSA) is 41.5 Å². The third-order valence-corrected chi connectivity index (χ3v) is 1.82. The minimum Gasteiger partial charge on any atom is -0.316 e. The van der Waals surface area contributed by atoms with E-state index in [-0.39, 0.29) is 0 Å². The van der Waals surface area contributed by atoms with Crippen molar-refractivity contribution in [3.63, 3.8) is 0 Å². The highest BCUT2D eigenvalue weighted by Crippen LogP contribution is 2.06. The van der Waals surface area contributed by atoms with Crippen LogP contribution in [-0.4, -0.2) is 23.9 Å². The van der Waals surface area contributed by atoms with Gasteiger partial charge in [0.25, 0.3) is 0 Å². The van der Waals surface area contributed by atoms with Gasteiger partial charge in [0, 0.05) is 0 Å². The third-order valence-electron chi connectivity index (χ3n) is 1.82. The summed E-state index contributed by atoms with van der Waals surface area (Å²) < 4.78 is 0. The summed E-state index contributed by atoms with van der Waals surface area (Å²) in [5.74, 6) is 0.925. The second-order valence-electron chi connectivity index (χ2n) is 4.66. The Hall–Kier alpha value is -0.120. The van der Waals surface area contributed by atoms with Gasteiger partial charge in [-0.05, 0) is 52.6 Å². The van der Waals surface area contributed by atoms with Gasteiger partial charge in [-0.1, -0.05) is 6.92 Å². The van der Waals surface area contributed by atoms with E-state index in [4.69, 9.17) is 5.26 Å². The molecule has 0 amide bonds. The first-order valence-corrected chi connectivity index (χ1v) is 4.99. The predicted molar refractivity (Wildman–Crippen MR) is 54.7 cm³/mol. The Bertz CT molecular complexity index is 115. The highest BCUT2D eigenvalue weighted by Gasteiger charge is 2.07. The molecule has 3 heteroatoms. The van der Waals surface area contributed by atoms with Crippen LogP contribution in [0.1, 0.15) is 40.5 Å². The lowest BCUT2D eigenvalue weighted by Gasteiger charge is -2.17. The van der Waals surface area contributed by atoms with Crippen molar-refractivity contribution in [2.24, 2.45) is 5.92 Å². The van der Waals surface area contributed by atoms with Crippen molar-refractivity contribution in [1.29, 1.82) is 0 Å². The van der Waals surface area contributed by atoms with E-state index in [0.717, 1.165) is 5.92 Å². The average Bonchev–Trinajstić information content (AvgIpc) is 2.06. The molecule has 1 unspecified atom stereocenters. The van der Waals surface area contributed by atoms with E-state index in [1.807, 2.05) is 0 Å². The molecule has 0 bridgehead atoms. The quantitative estimate of drug-likeness (QED) is 0.454. The lowest BCUT2D eigenvalue weighted by molar-refractivity contribution is -0.306. The maximum Gasteiger partial charge on any atom is 0.0949 e. The van der Waals surface area contributed by atoms with Crippen LogP contribution in [0.15, 0.2) is 0 Å². The van der Waals surface area contributed by atoms with Crippen molar-refractivity contribution < 1.29 is 10.1 Å². The maximum atomic E-state index is 7.90. The molecule has 0 aliphatic carbocycles. The molecule has 0 spiro atoms. The molecule has 0 aromatic rings. The van der Waals surface area contributed by atoms with Gasteiger partial charge in [0.05, 0.1) is 5.60 Å². The second-order valence-corrected chi connectivity index (χ2v) is 4.66. The smallest absolute Gasteiger partial charge is 0.0949 e. The predicted octanol–water partition coefficient (Wildman–Crippen LogP) is 2.28. The van der Waals surface area contributed by atoms with Crippen LogP contribution < -0.4 is 5.32 Å². The molecule has 80 valence electrons. The van der Waals surface area contributed by atoms with Crippen molar-refractivity contribution in [2.45, 2.75) is 46.1 Å². The van der Waals surface area contributed by atoms with Gasteiger partial charge in [-0.3, -0.25) is 5.26 Å². The Morgan fingerprint density at radius 3 is 2.08 bits per heavy atom. The van der Waals surface area contributed by atoms with Crippen LogP contribution in [0.25, 0.3) is 0 Å². The summed E-state index contributed by atoms with van der Waals surface area (Å²) in [6, 6.07) is 0. The molecule has 13 heavy (non-hydrogen) atoms. The number of hydrogen-bond donors (Lipinski definition) is 2. The van der Waals surface area contributed by atoms with E-state index >= 15 is 0 Å². The molecule has 2 N–H and O–H groups in total. The molecule has 0 radical (unpaired) electrons. The molecule has 1 aliphatic heterocycles. The summed E-state index contributed by atoms with van der Waals surface area (Å²) >= 11 is 0. The largest absolute Gasteiger partial charge is 0.316 e. The first-order valence-electron chi connectivity index (χ1n) is 4.99. The fourth-order valence-corrected chi connectivity index (χ4v) is 1.03. The van der Waals surface area contributed by atoms with Crippen LogP contribution in [0.5, 0.6) is 0 Å². The van der Waals surface area contributed by atoms with E-state index < -0.39 is 5.60 Å². The number of hydrogen-bond acceptors (Lipinski definition) is 3. The second kappa shape index (κ2) is 6.35. The van der Waals surface area contributed by atoms with Crippen LogP contribution in [-0.2, 0) is 4.89 Å². The van der Waals surface area contributed by atoms with Gasteiger partial charge in [0.1, 0.15) is 0 Å². The maximum absolute atomic E-state index is 7.90. The monoisotopic (exact) mass is 189 g/mol. The Labute approximate surface area is 81.4 Å². The molecule has 0 aromatic heterocycles. The van der Waals surface area contributed by atoms with E-state index in [1.54, 1.807) is 20.8 Å². The lowest BCUT2D eigenvalue weighted by atomic mass is 10.0. The Kier molecular flexibility index (Phi) is 6.29. The molecule has 1 heterocycles. The van der Waals surface area contributed by atoms with Crippen LogP contribution in [0.2, 0.25) is 0 Å². The lowest BCUT2D eigenvalue weighted by Crippen LogP contribution is -2.27. The Balaban J connectivity index is 0.000000226. The summed E-state index contributed by atoms with van der Waals surface area (Å²) in [6.45, 7) is 10.1. The number of piperidine rings is 1. The molecule has 1 saturated heterocycles. The SMILES string of the molecule is CC(C)(C)OO.CC1CCCNC1. The summed E-state index contributed by atoms with van der Waals surface area (Å²) in [6.07, 6.45) is 2.80. The Morgan fingerprint density at radius 2 is 1.92 bits per heavy atom. The van der Waals surface area contributed by atoms with Crippen molar-refractivity contribution in [3.8, 4) is 0 Å². The van der Waals surface area contributed by atoms with E-state index in [1.165, 1.54) is 25.9 Å². The van der Waals surface area contributed by atoms with Crippen molar-refractivity contribution in [2.75, 3.05) is 13.1 Å².